The minimum absolute atomic E-state index is 0.0356. The molecular weight excluding hydrogens is 238 g/mol. The summed E-state index contributed by atoms with van der Waals surface area (Å²) in [6, 6.07) is -1.97. The molecule has 0 aromatic heterocycles. The first-order valence-electron chi connectivity index (χ1n) is 4.76. The normalized spacial score (nSPS) is 28.1. The van der Waals surface area contributed by atoms with E-state index in [9.17, 15) is 26.3 Å². The summed E-state index contributed by atoms with van der Waals surface area (Å²) in [6.45, 7) is 0.0712. The molecule has 2 atom stereocenters. The van der Waals surface area contributed by atoms with Gasteiger partial charge < -0.3 is 10.6 Å². The Bertz CT molecular complexity index is 202. The summed E-state index contributed by atoms with van der Waals surface area (Å²) >= 11 is 0. The van der Waals surface area contributed by atoms with E-state index >= 15 is 0 Å². The number of alkyl halides is 6. The molecule has 2 nitrogen and oxygen atoms in total. The maximum absolute atomic E-state index is 12.0. The van der Waals surface area contributed by atoms with Crippen LogP contribution < -0.4 is 10.6 Å². The molecule has 0 bridgehead atoms. The van der Waals surface area contributed by atoms with Crippen molar-refractivity contribution in [2.45, 2.75) is 37.3 Å². The highest BCUT2D eigenvalue weighted by Crippen LogP contribution is 2.25. The van der Waals surface area contributed by atoms with Crippen LogP contribution in [-0.2, 0) is 0 Å². The Kier molecular flexibility index (Phi) is 4.06. The molecule has 0 saturated carbocycles. The van der Waals surface area contributed by atoms with Crippen molar-refractivity contribution in [3.63, 3.8) is 0 Å². The van der Waals surface area contributed by atoms with Crippen LogP contribution in [0.15, 0.2) is 0 Å². The fourth-order valence-corrected chi connectivity index (χ4v) is 1.70. The van der Waals surface area contributed by atoms with E-state index in [0.717, 1.165) is 0 Å². The Hall–Kier alpha value is -0.500. The quantitative estimate of drug-likeness (QED) is 0.730. The minimum atomic E-state index is -4.36. The van der Waals surface area contributed by atoms with E-state index in [-0.39, 0.29) is 13.1 Å². The Morgan fingerprint density at radius 1 is 0.812 bits per heavy atom. The van der Waals surface area contributed by atoms with Gasteiger partial charge in [0.05, 0.1) is 12.8 Å². The third-order valence-corrected chi connectivity index (χ3v) is 2.21. The van der Waals surface area contributed by atoms with Gasteiger partial charge in [-0.05, 0) is 0 Å². The molecule has 0 aromatic rings. The number of hydrogen-bond acceptors (Lipinski definition) is 2. The summed E-state index contributed by atoms with van der Waals surface area (Å²) in [4.78, 5) is 0. The van der Waals surface area contributed by atoms with Gasteiger partial charge >= 0.3 is 12.4 Å². The summed E-state index contributed by atoms with van der Waals surface area (Å²) in [7, 11) is 0. The van der Waals surface area contributed by atoms with Gasteiger partial charge in [-0.3, -0.25) is 0 Å². The molecule has 1 aliphatic rings. The van der Waals surface area contributed by atoms with Gasteiger partial charge in [0.15, 0.2) is 0 Å². The Morgan fingerprint density at radius 2 is 1.19 bits per heavy atom. The van der Waals surface area contributed by atoms with Crippen LogP contribution in [0.3, 0.4) is 0 Å². The first kappa shape index (κ1) is 13.6. The van der Waals surface area contributed by atoms with Crippen molar-refractivity contribution in [1.82, 2.24) is 10.6 Å². The lowest BCUT2D eigenvalue weighted by molar-refractivity contribution is -0.148. The molecule has 1 rings (SSSR count). The molecular formula is C8H12F6N2. The van der Waals surface area contributed by atoms with E-state index < -0.39 is 37.3 Å². The standard InChI is InChI=1S/C8H12F6N2/c9-7(10,11)1-5-3-15-4-6(16-5)2-8(12,13)14/h5-6,15-16H,1-4H2. The van der Waals surface area contributed by atoms with Crippen LogP contribution in [0.25, 0.3) is 0 Å². The van der Waals surface area contributed by atoms with Gasteiger partial charge in [0.1, 0.15) is 0 Å². The Balaban J connectivity index is 2.41. The van der Waals surface area contributed by atoms with Crippen LogP contribution in [-0.4, -0.2) is 37.5 Å². The molecule has 1 aliphatic heterocycles. The highest BCUT2D eigenvalue weighted by atomic mass is 19.4. The molecule has 8 heteroatoms. The second kappa shape index (κ2) is 4.79. The van der Waals surface area contributed by atoms with Crippen LogP contribution in [0.1, 0.15) is 12.8 Å². The molecule has 1 heterocycles. The lowest BCUT2D eigenvalue weighted by Crippen LogP contribution is -2.57. The number of nitrogens with one attached hydrogen (secondary N) is 2. The molecule has 0 aliphatic carbocycles. The monoisotopic (exact) mass is 250 g/mol. The fourth-order valence-electron chi connectivity index (χ4n) is 1.70. The largest absolute Gasteiger partial charge is 0.390 e. The number of piperazine rings is 1. The van der Waals surface area contributed by atoms with E-state index in [1.165, 1.54) is 0 Å². The number of halogens is 6. The molecule has 0 amide bonds. The van der Waals surface area contributed by atoms with E-state index in [2.05, 4.69) is 10.6 Å². The van der Waals surface area contributed by atoms with Crippen molar-refractivity contribution in [1.29, 1.82) is 0 Å². The molecule has 0 spiro atoms. The van der Waals surface area contributed by atoms with E-state index in [1.807, 2.05) is 0 Å². The maximum Gasteiger partial charge on any atom is 0.390 e. The summed E-state index contributed by atoms with van der Waals surface area (Å²) in [5.74, 6) is 0. The summed E-state index contributed by atoms with van der Waals surface area (Å²) in [6.07, 6.45) is -11.0. The average molecular weight is 250 g/mol. The van der Waals surface area contributed by atoms with Crippen LogP contribution >= 0.6 is 0 Å². The molecule has 96 valence electrons. The van der Waals surface area contributed by atoms with Crippen molar-refractivity contribution < 1.29 is 26.3 Å². The summed E-state index contributed by atoms with van der Waals surface area (Å²) in [5.41, 5.74) is 0. The lowest BCUT2D eigenvalue weighted by Gasteiger charge is -2.32. The van der Waals surface area contributed by atoms with Gasteiger partial charge in [0.25, 0.3) is 0 Å². The molecule has 2 unspecified atom stereocenters. The van der Waals surface area contributed by atoms with Crippen LogP contribution in [0.2, 0.25) is 0 Å². The first-order valence-corrected chi connectivity index (χ1v) is 4.76. The molecule has 1 fully saturated rings. The van der Waals surface area contributed by atoms with Gasteiger partial charge in [0.2, 0.25) is 0 Å². The molecule has 0 radical (unpaired) electrons. The zero-order chi connectivity index (χ0) is 12.4. The van der Waals surface area contributed by atoms with Crippen LogP contribution in [0.4, 0.5) is 26.3 Å². The van der Waals surface area contributed by atoms with Crippen molar-refractivity contribution in [2.24, 2.45) is 0 Å². The summed E-state index contributed by atoms with van der Waals surface area (Å²) in [5, 5.41) is 4.93. The van der Waals surface area contributed by atoms with Gasteiger partial charge in [-0.25, -0.2) is 0 Å². The highest BCUT2D eigenvalue weighted by Gasteiger charge is 2.37. The summed E-state index contributed by atoms with van der Waals surface area (Å²) < 4.78 is 72.1. The van der Waals surface area contributed by atoms with Gasteiger partial charge in [-0.2, -0.15) is 26.3 Å². The zero-order valence-electron chi connectivity index (χ0n) is 8.25. The van der Waals surface area contributed by atoms with Gasteiger partial charge in [0, 0.05) is 25.2 Å². The second-order valence-corrected chi connectivity index (χ2v) is 3.86. The number of rotatable bonds is 2. The Morgan fingerprint density at radius 3 is 1.50 bits per heavy atom. The minimum Gasteiger partial charge on any atom is -0.314 e. The lowest BCUT2D eigenvalue weighted by atomic mass is 10.1. The average Bonchev–Trinajstić information content (AvgIpc) is 1.96. The highest BCUT2D eigenvalue weighted by molar-refractivity contribution is 4.86. The molecule has 2 N–H and O–H groups in total. The Labute approximate surface area is 88.4 Å². The molecule has 1 saturated heterocycles. The third kappa shape index (κ3) is 5.55. The fraction of sp³-hybridized carbons (Fsp3) is 1.00. The molecule has 16 heavy (non-hydrogen) atoms. The van der Waals surface area contributed by atoms with Gasteiger partial charge in [-0.15, -0.1) is 0 Å². The van der Waals surface area contributed by atoms with Crippen molar-refractivity contribution in [3.05, 3.63) is 0 Å². The number of hydrogen-bond donors (Lipinski definition) is 2. The van der Waals surface area contributed by atoms with Crippen molar-refractivity contribution >= 4 is 0 Å². The van der Waals surface area contributed by atoms with Crippen molar-refractivity contribution in [2.75, 3.05) is 13.1 Å². The smallest absolute Gasteiger partial charge is 0.314 e. The maximum atomic E-state index is 12.0. The predicted octanol–water partition coefficient (Wildman–Crippen LogP) is 1.82. The van der Waals surface area contributed by atoms with Crippen LogP contribution in [0, 0.1) is 0 Å². The van der Waals surface area contributed by atoms with E-state index in [1.54, 1.807) is 0 Å². The first-order chi connectivity index (χ1) is 7.16. The second-order valence-electron chi connectivity index (χ2n) is 3.86. The zero-order valence-corrected chi connectivity index (χ0v) is 8.25. The predicted molar refractivity (Wildman–Crippen MR) is 44.9 cm³/mol. The van der Waals surface area contributed by atoms with E-state index in [0.29, 0.717) is 0 Å². The SMILES string of the molecule is FC(F)(F)CC1CNCC(CC(F)(F)F)N1. The topological polar surface area (TPSA) is 24.1 Å². The van der Waals surface area contributed by atoms with Crippen molar-refractivity contribution in [3.8, 4) is 0 Å². The van der Waals surface area contributed by atoms with E-state index in [4.69, 9.17) is 0 Å². The third-order valence-electron chi connectivity index (χ3n) is 2.21. The van der Waals surface area contributed by atoms with Crippen LogP contribution in [0.5, 0.6) is 0 Å². The molecule has 0 aromatic carbocycles. The van der Waals surface area contributed by atoms with Gasteiger partial charge in [-0.1, -0.05) is 0 Å².